The number of carbonyl (C=O) groups excluding carboxylic acids is 1. The van der Waals surface area contributed by atoms with Gasteiger partial charge in [-0.3, -0.25) is 5.32 Å². The molecule has 2 aromatic heterocycles. The van der Waals surface area contributed by atoms with Gasteiger partial charge in [0.15, 0.2) is 0 Å². The lowest BCUT2D eigenvalue weighted by Crippen LogP contribution is -2.32. The van der Waals surface area contributed by atoms with Gasteiger partial charge in [-0.05, 0) is 34.1 Å². The molecule has 0 fully saturated rings. The fourth-order valence-corrected chi connectivity index (χ4v) is 2.74. The zero-order valence-corrected chi connectivity index (χ0v) is 14.4. The molecule has 0 aliphatic rings. The van der Waals surface area contributed by atoms with Crippen LogP contribution >= 0.6 is 11.3 Å². The predicted octanol–water partition coefficient (Wildman–Crippen LogP) is 3.07. The van der Waals surface area contributed by atoms with Gasteiger partial charge in [-0.2, -0.15) is 0 Å². The molecule has 2 heterocycles. The maximum Gasteiger partial charge on any atom is 0.322 e. The number of hydrogen-bond donors (Lipinski definition) is 2. The number of aryl methyl sites for hydroxylation is 1. The van der Waals surface area contributed by atoms with Crippen LogP contribution in [0, 0.1) is 6.92 Å². The molecule has 1 unspecified atom stereocenters. The van der Waals surface area contributed by atoms with Gasteiger partial charge in [-0.25, -0.2) is 19.4 Å². The minimum atomic E-state index is -0.327. The Labute approximate surface area is 134 Å². The van der Waals surface area contributed by atoms with E-state index in [4.69, 9.17) is 0 Å². The molecule has 7 nitrogen and oxygen atoms in total. The molecule has 0 spiro atoms. The van der Waals surface area contributed by atoms with Gasteiger partial charge < -0.3 is 5.32 Å². The molecule has 0 aliphatic carbocycles. The summed E-state index contributed by atoms with van der Waals surface area (Å²) in [7, 11) is 0. The lowest BCUT2D eigenvalue weighted by Gasteiger charge is -2.17. The molecule has 2 rings (SSSR count). The molecule has 22 heavy (non-hydrogen) atoms. The highest BCUT2D eigenvalue weighted by molar-refractivity contribution is 7.09. The van der Waals surface area contributed by atoms with Gasteiger partial charge >= 0.3 is 6.03 Å². The Bertz CT molecular complexity index is 642. The van der Waals surface area contributed by atoms with Crippen molar-refractivity contribution in [3.05, 3.63) is 22.4 Å². The zero-order chi connectivity index (χ0) is 16.3. The van der Waals surface area contributed by atoms with Gasteiger partial charge in [-0.1, -0.05) is 6.92 Å². The Kier molecular flexibility index (Phi) is 4.80. The zero-order valence-electron chi connectivity index (χ0n) is 13.5. The molecule has 8 heteroatoms. The fourth-order valence-electron chi connectivity index (χ4n) is 1.81. The summed E-state index contributed by atoms with van der Waals surface area (Å²) in [5, 5.41) is 12.7. The van der Waals surface area contributed by atoms with E-state index < -0.39 is 0 Å². The summed E-state index contributed by atoms with van der Waals surface area (Å²) in [6.45, 7) is 10.0. The van der Waals surface area contributed by atoms with Gasteiger partial charge in [0.1, 0.15) is 11.3 Å². The number of rotatable bonds is 4. The van der Waals surface area contributed by atoms with Crippen molar-refractivity contribution >= 4 is 23.3 Å². The number of thiazole rings is 1. The number of anilines is 1. The highest BCUT2D eigenvalue weighted by Gasteiger charge is 2.18. The van der Waals surface area contributed by atoms with Gasteiger partial charge in [0.05, 0.1) is 11.6 Å². The molecule has 0 saturated carbocycles. The van der Waals surface area contributed by atoms with Crippen molar-refractivity contribution in [2.24, 2.45) is 0 Å². The third-order valence-electron chi connectivity index (χ3n) is 3.05. The summed E-state index contributed by atoms with van der Waals surface area (Å²) in [4.78, 5) is 20.6. The van der Waals surface area contributed by atoms with Crippen molar-refractivity contribution in [1.82, 2.24) is 25.1 Å². The van der Waals surface area contributed by atoms with Crippen LogP contribution in [0.2, 0.25) is 0 Å². The fraction of sp³-hybridized carbons (Fsp3) is 0.571. The molecule has 2 aromatic rings. The van der Waals surface area contributed by atoms with Crippen LogP contribution < -0.4 is 10.6 Å². The van der Waals surface area contributed by atoms with E-state index in [0.29, 0.717) is 0 Å². The Morgan fingerprint density at radius 2 is 2.18 bits per heavy atom. The van der Waals surface area contributed by atoms with Gasteiger partial charge in [-0.15, -0.1) is 16.4 Å². The number of nitrogens with one attached hydrogen (secondary N) is 2. The second kappa shape index (κ2) is 6.43. The smallest absolute Gasteiger partial charge is 0.322 e. The third-order valence-corrected chi connectivity index (χ3v) is 4.13. The average molecular weight is 322 g/mol. The highest BCUT2D eigenvalue weighted by atomic mass is 32.1. The normalized spacial score (nSPS) is 13.0. The van der Waals surface area contributed by atoms with Crippen molar-refractivity contribution in [1.29, 1.82) is 0 Å². The number of nitrogens with zero attached hydrogens (tertiary/aromatic N) is 4. The van der Waals surface area contributed by atoms with E-state index in [9.17, 15) is 4.79 Å². The van der Waals surface area contributed by atoms with Crippen LogP contribution in [0.4, 0.5) is 10.7 Å². The molecular formula is C14H22N6OS. The van der Waals surface area contributed by atoms with Crippen LogP contribution in [-0.4, -0.2) is 25.8 Å². The van der Waals surface area contributed by atoms with Crippen LogP contribution in [0.1, 0.15) is 50.9 Å². The molecule has 0 aliphatic heterocycles. The number of carbonyl (C=O) groups is 1. The average Bonchev–Trinajstić information content (AvgIpc) is 3.04. The first-order valence-corrected chi connectivity index (χ1v) is 8.09. The van der Waals surface area contributed by atoms with Crippen LogP contribution in [0.5, 0.6) is 0 Å². The second-order valence-electron chi connectivity index (χ2n) is 6.07. The Morgan fingerprint density at radius 1 is 1.45 bits per heavy atom. The minimum absolute atomic E-state index is 0.108. The molecule has 2 amide bonds. The molecule has 0 aromatic carbocycles. The van der Waals surface area contributed by atoms with E-state index in [2.05, 4.69) is 25.7 Å². The Hall–Kier alpha value is -1.96. The summed E-state index contributed by atoms with van der Waals surface area (Å²) < 4.78 is 1.71. The lowest BCUT2D eigenvalue weighted by atomic mass is 10.1. The van der Waals surface area contributed by atoms with Crippen LogP contribution in [-0.2, 0) is 5.54 Å². The lowest BCUT2D eigenvalue weighted by molar-refractivity contribution is 0.248. The van der Waals surface area contributed by atoms with Crippen molar-refractivity contribution in [2.45, 2.75) is 52.6 Å². The van der Waals surface area contributed by atoms with Crippen LogP contribution in [0.3, 0.4) is 0 Å². The van der Waals surface area contributed by atoms with E-state index in [1.807, 2.05) is 40.0 Å². The van der Waals surface area contributed by atoms with Crippen LogP contribution in [0.25, 0.3) is 0 Å². The quantitative estimate of drug-likeness (QED) is 0.906. The van der Waals surface area contributed by atoms with E-state index in [1.54, 1.807) is 22.3 Å². The van der Waals surface area contributed by atoms with Crippen LogP contribution in [0.15, 0.2) is 11.7 Å². The first-order valence-electron chi connectivity index (χ1n) is 7.21. The molecule has 120 valence electrons. The predicted molar refractivity (Wildman–Crippen MR) is 87.1 cm³/mol. The van der Waals surface area contributed by atoms with Crippen molar-refractivity contribution in [2.75, 3.05) is 5.32 Å². The summed E-state index contributed by atoms with van der Waals surface area (Å²) >= 11 is 1.55. The summed E-state index contributed by atoms with van der Waals surface area (Å²) in [5.41, 5.74) is 0.791. The Morgan fingerprint density at radius 3 is 2.68 bits per heavy atom. The second-order valence-corrected chi connectivity index (χ2v) is 6.96. The van der Waals surface area contributed by atoms with Crippen molar-refractivity contribution < 1.29 is 4.79 Å². The van der Waals surface area contributed by atoms with E-state index in [1.165, 1.54) is 0 Å². The topological polar surface area (TPSA) is 84.7 Å². The molecule has 0 saturated heterocycles. The maximum atomic E-state index is 12.1. The van der Waals surface area contributed by atoms with E-state index in [0.717, 1.165) is 17.1 Å². The monoisotopic (exact) mass is 322 g/mol. The van der Waals surface area contributed by atoms with Crippen molar-refractivity contribution in [3.8, 4) is 0 Å². The van der Waals surface area contributed by atoms with Crippen molar-refractivity contribution in [3.63, 3.8) is 0 Å². The standard InChI is InChI=1S/C14H22N6OS/c1-6-10(11-16-9(2)7-22-11)17-13(21)18-12-15-8-20(19-12)14(3,4)5/h7-8,10H,6H2,1-5H3,(H2,17,18,19,21). The Balaban J connectivity index is 1.98. The first-order chi connectivity index (χ1) is 10.3. The number of hydrogen-bond acceptors (Lipinski definition) is 5. The molecule has 0 radical (unpaired) electrons. The first kappa shape index (κ1) is 16.4. The van der Waals surface area contributed by atoms with Gasteiger partial charge in [0, 0.05) is 11.1 Å². The number of aromatic nitrogens is 4. The summed E-state index contributed by atoms with van der Waals surface area (Å²) in [5.74, 6) is 0.289. The molecule has 1 atom stereocenters. The molecular weight excluding hydrogens is 300 g/mol. The van der Waals surface area contributed by atoms with Gasteiger partial charge in [0.2, 0.25) is 5.95 Å². The SMILES string of the molecule is CCC(NC(=O)Nc1ncn(C(C)(C)C)n1)c1nc(C)cs1. The van der Waals surface area contributed by atoms with Gasteiger partial charge in [0.25, 0.3) is 0 Å². The summed E-state index contributed by atoms with van der Waals surface area (Å²) in [6, 6.07) is -0.435. The maximum absolute atomic E-state index is 12.1. The third kappa shape index (κ3) is 4.03. The number of amides is 2. The molecule has 0 bridgehead atoms. The minimum Gasteiger partial charge on any atom is -0.329 e. The van der Waals surface area contributed by atoms with E-state index in [-0.39, 0.29) is 23.6 Å². The van der Waals surface area contributed by atoms with E-state index >= 15 is 0 Å². The molecule has 2 N–H and O–H groups in total. The largest absolute Gasteiger partial charge is 0.329 e. The highest BCUT2D eigenvalue weighted by Crippen LogP contribution is 2.20. The summed E-state index contributed by atoms with van der Waals surface area (Å²) in [6.07, 6.45) is 2.38. The number of urea groups is 1.